The number of nitrogens with one attached hydrogen (secondary N) is 1. The molecule has 0 saturated carbocycles. The smallest absolute Gasteiger partial charge is 0.306 e. The van der Waals surface area contributed by atoms with Crippen LogP contribution in [0.5, 0.6) is 0 Å². The fourth-order valence-corrected chi connectivity index (χ4v) is 1.88. The highest BCUT2D eigenvalue weighted by Gasteiger charge is 2.14. The molecule has 0 fully saturated rings. The summed E-state index contributed by atoms with van der Waals surface area (Å²) in [4.78, 5) is 14.0. The normalized spacial score (nSPS) is 10.9. The van der Waals surface area contributed by atoms with Gasteiger partial charge in [-0.2, -0.15) is 0 Å². The molecule has 20 heavy (non-hydrogen) atoms. The monoisotopic (exact) mass is 277 g/mol. The quantitative estimate of drug-likeness (QED) is 0.847. The van der Waals surface area contributed by atoms with E-state index in [4.69, 9.17) is 5.11 Å². The molecule has 0 aliphatic carbocycles. The maximum absolute atomic E-state index is 10.8. The van der Waals surface area contributed by atoms with Crippen molar-refractivity contribution in [3.8, 4) is 0 Å². The van der Waals surface area contributed by atoms with Crippen LogP contribution in [0, 0.1) is 12.8 Å². The van der Waals surface area contributed by atoms with Crippen LogP contribution in [-0.2, 0) is 11.2 Å². The average molecular weight is 277 g/mol. The molecule has 0 radical (unpaired) electrons. The number of H-pyrrole nitrogens is 1. The van der Waals surface area contributed by atoms with Crippen molar-refractivity contribution in [3.63, 3.8) is 0 Å². The van der Waals surface area contributed by atoms with Crippen LogP contribution in [0.25, 0.3) is 10.9 Å². The summed E-state index contributed by atoms with van der Waals surface area (Å²) >= 11 is 0. The summed E-state index contributed by atoms with van der Waals surface area (Å²) in [5.41, 5.74) is 3.34. The van der Waals surface area contributed by atoms with Crippen molar-refractivity contribution < 1.29 is 9.90 Å². The molecule has 0 bridgehead atoms. The Bertz CT molecular complexity index is 529. The molecule has 1 heterocycles. The molecule has 0 spiro atoms. The molecule has 2 N–H and O–H groups in total. The van der Waals surface area contributed by atoms with Gasteiger partial charge in [0.2, 0.25) is 0 Å². The van der Waals surface area contributed by atoms with Gasteiger partial charge in [-0.1, -0.05) is 46.2 Å². The van der Waals surface area contributed by atoms with E-state index in [0.717, 1.165) is 16.5 Å². The zero-order chi connectivity index (χ0) is 15.7. The second-order valence-electron chi connectivity index (χ2n) is 4.31. The SMILES string of the molecule is CC.CC.Cc1ccc2[nH]cc(CC(C)C(=O)O)c2c1. The molecule has 1 aromatic carbocycles. The predicted molar refractivity (Wildman–Crippen MR) is 86.2 cm³/mol. The second-order valence-corrected chi connectivity index (χ2v) is 4.31. The number of carbonyl (C=O) groups is 1. The number of hydrogen-bond acceptors (Lipinski definition) is 1. The first kappa shape index (κ1) is 18.2. The Morgan fingerprint density at radius 3 is 2.40 bits per heavy atom. The van der Waals surface area contributed by atoms with Crippen LogP contribution in [0.4, 0.5) is 0 Å². The third-order valence-electron chi connectivity index (χ3n) is 2.87. The first-order valence-corrected chi connectivity index (χ1v) is 7.37. The number of benzene rings is 1. The van der Waals surface area contributed by atoms with Crippen molar-refractivity contribution >= 4 is 16.9 Å². The number of aromatic amines is 1. The van der Waals surface area contributed by atoms with Crippen LogP contribution >= 0.6 is 0 Å². The molecule has 0 aliphatic heterocycles. The molecule has 1 atom stereocenters. The summed E-state index contributed by atoms with van der Waals surface area (Å²) in [7, 11) is 0. The van der Waals surface area contributed by atoms with Gasteiger partial charge in [0.25, 0.3) is 0 Å². The number of aromatic nitrogens is 1. The summed E-state index contributed by atoms with van der Waals surface area (Å²) in [5.74, 6) is -1.10. The molecule has 1 unspecified atom stereocenters. The molecular formula is C17H27NO2. The van der Waals surface area contributed by atoms with Crippen molar-refractivity contribution in [2.45, 2.75) is 48.0 Å². The minimum atomic E-state index is -0.748. The van der Waals surface area contributed by atoms with Gasteiger partial charge in [-0.25, -0.2) is 0 Å². The first-order chi connectivity index (χ1) is 9.58. The fourth-order valence-electron chi connectivity index (χ4n) is 1.88. The fraction of sp³-hybridized carbons (Fsp3) is 0.471. The van der Waals surface area contributed by atoms with Crippen molar-refractivity contribution in [2.75, 3.05) is 0 Å². The number of carboxylic acids is 1. The standard InChI is InChI=1S/C13H15NO2.2C2H6/c1-8-3-4-12-11(5-8)10(7-14-12)6-9(2)13(15)16;2*1-2/h3-5,7,9,14H,6H2,1-2H3,(H,15,16);2*1-2H3. The number of hydrogen-bond donors (Lipinski definition) is 2. The Balaban J connectivity index is 0.000000829. The van der Waals surface area contributed by atoms with Crippen LogP contribution in [-0.4, -0.2) is 16.1 Å². The maximum Gasteiger partial charge on any atom is 0.306 e. The van der Waals surface area contributed by atoms with E-state index in [1.54, 1.807) is 6.92 Å². The topological polar surface area (TPSA) is 53.1 Å². The van der Waals surface area contributed by atoms with Crippen molar-refractivity contribution in [3.05, 3.63) is 35.5 Å². The lowest BCUT2D eigenvalue weighted by Crippen LogP contribution is -2.11. The Hall–Kier alpha value is -1.77. The summed E-state index contributed by atoms with van der Waals surface area (Å²) in [6.45, 7) is 11.8. The molecule has 2 rings (SSSR count). The molecule has 3 heteroatoms. The van der Waals surface area contributed by atoms with Crippen LogP contribution in [0.2, 0.25) is 0 Å². The van der Waals surface area contributed by atoms with Gasteiger partial charge in [0.05, 0.1) is 5.92 Å². The van der Waals surface area contributed by atoms with Gasteiger partial charge in [-0.05, 0) is 31.0 Å². The van der Waals surface area contributed by atoms with E-state index in [0.29, 0.717) is 6.42 Å². The van der Waals surface area contributed by atoms with E-state index < -0.39 is 5.97 Å². The Morgan fingerprint density at radius 2 is 1.85 bits per heavy atom. The van der Waals surface area contributed by atoms with Gasteiger partial charge in [-0.15, -0.1) is 0 Å². The first-order valence-electron chi connectivity index (χ1n) is 7.37. The summed E-state index contributed by atoms with van der Waals surface area (Å²) < 4.78 is 0. The predicted octanol–water partition coefficient (Wildman–Crippen LogP) is 4.79. The van der Waals surface area contributed by atoms with E-state index in [1.807, 2.05) is 52.9 Å². The number of aliphatic carboxylic acids is 1. The average Bonchev–Trinajstić information content (AvgIpc) is 2.85. The van der Waals surface area contributed by atoms with Gasteiger partial charge in [0, 0.05) is 17.1 Å². The third kappa shape index (κ3) is 4.72. The molecule has 1 aromatic heterocycles. The molecule has 0 aliphatic rings. The molecule has 0 saturated heterocycles. The third-order valence-corrected chi connectivity index (χ3v) is 2.87. The van der Waals surface area contributed by atoms with E-state index in [2.05, 4.69) is 11.1 Å². The highest BCUT2D eigenvalue weighted by molar-refractivity contribution is 5.84. The zero-order valence-electron chi connectivity index (χ0n) is 13.4. The van der Waals surface area contributed by atoms with E-state index in [1.165, 1.54) is 5.56 Å². The van der Waals surface area contributed by atoms with Gasteiger partial charge in [0.15, 0.2) is 0 Å². The molecule has 3 nitrogen and oxygen atoms in total. The van der Waals surface area contributed by atoms with Crippen molar-refractivity contribution in [1.29, 1.82) is 0 Å². The molecule has 0 amide bonds. The van der Waals surface area contributed by atoms with Gasteiger partial charge < -0.3 is 10.1 Å². The lowest BCUT2D eigenvalue weighted by atomic mass is 10.00. The largest absolute Gasteiger partial charge is 0.481 e. The van der Waals surface area contributed by atoms with Gasteiger partial charge >= 0.3 is 5.97 Å². The number of rotatable bonds is 3. The van der Waals surface area contributed by atoms with Gasteiger partial charge in [-0.3, -0.25) is 4.79 Å². The minimum Gasteiger partial charge on any atom is -0.481 e. The van der Waals surface area contributed by atoms with Crippen LogP contribution in [0.15, 0.2) is 24.4 Å². The minimum absolute atomic E-state index is 0.348. The van der Waals surface area contributed by atoms with Crippen LogP contribution in [0.1, 0.15) is 45.7 Å². The molecule has 112 valence electrons. The van der Waals surface area contributed by atoms with Crippen molar-refractivity contribution in [2.24, 2.45) is 5.92 Å². The molecular weight excluding hydrogens is 250 g/mol. The van der Waals surface area contributed by atoms with E-state index in [-0.39, 0.29) is 5.92 Å². The molecule has 2 aromatic rings. The highest BCUT2D eigenvalue weighted by atomic mass is 16.4. The van der Waals surface area contributed by atoms with E-state index >= 15 is 0 Å². The number of fused-ring (bicyclic) bond motifs is 1. The summed E-state index contributed by atoms with van der Waals surface area (Å²) in [6.07, 6.45) is 2.47. The summed E-state index contributed by atoms with van der Waals surface area (Å²) in [6, 6.07) is 6.17. The second kappa shape index (κ2) is 9.18. The summed E-state index contributed by atoms with van der Waals surface area (Å²) in [5, 5.41) is 10.0. The Morgan fingerprint density at radius 1 is 1.25 bits per heavy atom. The lowest BCUT2D eigenvalue weighted by Gasteiger charge is -2.04. The van der Waals surface area contributed by atoms with Crippen molar-refractivity contribution in [1.82, 2.24) is 4.98 Å². The van der Waals surface area contributed by atoms with Gasteiger partial charge in [0.1, 0.15) is 0 Å². The number of aryl methyl sites for hydroxylation is 1. The van der Waals surface area contributed by atoms with E-state index in [9.17, 15) is 4.79 Å². The Labute approximate surface area is 122 Å². The van der Waals surface area contributed by atoms with Crippen LogP contribution < -0.4 is 0 Å². The van der Waals surface area contributed by atoms with Crippen LogP contribution in [0.3, 0.4) is 0 Å². The zero-order valence-corrected chi connectivity index (χ0v) is 13.4. The maximum atomic E-state index is 10.8. The number of carboxylic acid groups (broad SMARTS) is 1. The Kier molecular flexibility index (Phi) is 8.37. The lowest BCUT2D eigenvalue weighted by molar-refractivity contribution is -0.141. The highest BCUT2D eigenvalue weighted by Crippen LogP contribution is 2.22.